The Kier molecular flexibility index (Phi) is 4.22. The average molecular weight is 265 g/mol. The summed E-state index contributed by atoms with van der Waals surface area (Å²) in [5, 5.41) is 2.92. The maximum absolute atomic E-state index is 13.5. The van der Waals surface area contributed by atoms with Gasteiger partial charge in [0.25, 0.3) is 5.88 Å². The summed E-state index contributed by atoms with van der Waals surface area (Å²) in [6.07, 6.45) is 1.90. The largest absolute Gasteiger partial charge is 0.436 e. The highest BCUT2D eigenvalue weighted by Crippen LogP contribution is 2.23. The van der Waals surface area contributed by atoms with Crippen molar-refractivity contribution in [3.05, 3.63) is 42.1 Å². The van der Waals surface area contributed by atoms with Gasteiger partial charge in [0.1, 0.15) is 11.6 Å². The summed E-state index contributed by atoms with van der Waals surface area (Å²) in [6, 6.07) is 5.42. The first-order valence-electron chi connectivity index (χ1n) is 5.89. The fourth-order valence-corrected chi connectivity index (χ4v) is 1.39. The number of aromatic nitrogens is 2. The molecule has 0 bridgehead atoms. The van der Waals surface area contributed by atoms with Crippen LogP contribution in [0.1, 0.15) is 13.3 Å². The molecule has 1 N–H and O–H groups in total. The van der Waals surface area contributed by atoms with Crippen LogP contribution in [0, 0.1) is 11.6 Å². The zero-order valence-electron chi connectivity index (χ0n) is 10.4. The number of halogens is 2. The smallest absolute Gasteiger partial charge is 0.260 e. The van der Waals surface area contributed by atoms with E-state index in [2.05, 4.69) is 15.3 Å². The maximum Gasteiger partial charge on any atom is 0.260 e. The van der Waals surface area contributed by atoms with Crippen molar-refractivity contribution in [3.8, 4) is 11.6 Å². The molecule has 0 unspecified atom stereocenters. The summed E-state index contributed by atoms with van der Waals surface area (Å²) in [5.41, 5.74) is 0. The molecule has 0 fully saturated rings. The van der Waals surface area contributed by atoms with Crippen LogP contribution in [0.2, 0.25) is 0 Å². The first kappa shape index (κ1) is 13.2. The Hall–Kier alpha value is -2.24. The fourth-order valence-electron chi connectivity index (χ4n) is 1.39. The van der Waals surface area contributed by atoms with Crippen molar-refractivity contribution in [3.63, 3.8) is 0 Å². The molecule has 2 rings (SSSR count). The van der Waals surface area contributed by atoms with E-state index in [1.54, 1.807) is 0 Å². The van der Waals surface area contributed by atoms with E-state index in [1.807, 2.05) is 6.92 Å². The van der Waals surface area contributed by atoms with E-state index in [-0.39, 0.29) is 17.6 Å². The van der Waals surface area contributed by atoms with Gasteiger partial charge in [0.05, 0.1) is 6.20 Å². The van der Waals surface area contributed by atoms with Gasteiger partial charge in [0.15, 0.2) is 0 Å². The molecule has 0 aliphatic carbocycles. The minimum Gasteiger partial charge on any atom is -0.436 e. The molecule has 0 aliphatic rings. The van der Waals surface area contributed by atoms with Crippen LogP contribution in [-0.4, -0.2) is 16.5 Å². The van der Waals surface area contributed by atoms with Crippen molar-refractivity contribution in [1.29, 1.82) is 0 Å². The minimum absolute atomic E-state index is 0.180. The summed E-state index contributed by atoms with van der Waals surface area (Å²) in [5.74, 6) is -0.949. The molecule has 4 nitrogen and oxygen atoms in total. The van der Waals surface area contributed by atoms with Gasteiger partial charge in [-0.05, 0) is 18.6 Å². The van der Waals surface area contributed by atoms with E-state index >= 15 is 0 Å². The van der Waals surface area contributed by atoms with Crippen LogP contribution in [0.15, 0.2) is 30.5 Å². The normalized spacial score (nSPS) is 10.3. The molecule has 0 spiro atoms. The number of ether oxygens (including phenoxy) is 1. The van der Waals surface area contributed by atoms with Crippen molar-refractivity contribution >= 4 is 5.95 Å². The molecule has 1 aromatic carbocycles. The van der Waals surface area contributed by atoms with Gasteiger partial charge in [-0.1, -0.05) is 13.0 Å². The van der Waals surface area contributed by atoms with Gasteiger partial charge in [-0.25, -0.2) is 9.37 Å². The third kappa shape index (κ3) is 3.61. The van der Waals surface area contributed by atoms with E-state index in [4.69, 9.17) is 4.74 Å². The number of nitrogens with one attached hydrogen (secondary N) is 1. The first-order valence-corrected chi connectivity index (χ1v) is 5.89. The quantitative estimate of drug-likeness (QED) is 0.900. The van der Waals surface area contributed by atoms with Crippen LogP contribution < -0.4 is 10.1 Å². The molecular weight excluding hydrogens is 252 g/mol. The van der Waals surface area contributed by atoms with Crippen LogP contribution in [0.4, 0.5) is 14.7 Å². The Bertz CT molecular complexity index is 563. The monoisotopic (exact) mass is 265 g/mol. The molecule has 0 atom stereocenters. The number of anilines is 1. The Balaban J connectivity index is 2.19. The van der Waals surface area contributed by atoms with Gasteiger partial charge in [-0.3, -0.25) is 0 Å². The van der Waals surface area contributed by atoms with Gasteiger partial charge in [-0.2, -0.15) is 9.37 Å². The molecule has 1 aromatic heterocycles. The minimum atomic E-state index is -0.702. The number of rotatable bonds is 5. The molecule has 19 heavy (non-hydrogen) atoms. The highest BCUT2D eigenvalue weighted by molar-refractivity contribution is 5.32. The van der Waals surface area contributed by atoms with Gasteiger partial charge in [0.2, 0.25) is 11.8 Å². The standard InChI is InChI=1S/C13H13F2N3O/c1-2-6-16-13-17-8-11(15)12(18-13)19-10-5-3-4-9(14)7-10/h3-5,7-8H,2,6H2,1H3,(H,16,17,18). The van der Waals surface area contributed by atoms with E-state index in [9.17, 15) is 8.78 Å². The molecule has 0 saturated carbocycles. The molecule has 1 heterocycles. The van der Waals surface area contributed by atoms with E-state index in [0.717, 1.165) is 18.7 Å². The lowest BCUT2D eigenvalue weighted by atomic mass is 10.3. The zero-order valence-corrected chi connectivity index (χ0v) is 10.4. The number of benzene rings is 1. The third-order valence-corrected chi connectivity index (χ3v) is 2.26. The summed E-state index contributed by atoms with van der Waals surface area (Å²) >= 11 is 0. The topological polar surface area (TPSA) is 47.0 Å². The molecule has 100 valence electrons. The van der Waals surface area contributed by atoms with Crippen LogP contribution in [-0.2, 0) is 0 Å². The molecular formula is C13H13F2N3O. The van der Waals surface area contributed by atoms with Crippen LogP contribution in [0.25, 0.3) is 0 Å². The van der Waals surface area contributed by atoms with Crippen molar-refractivity contribution in [2.75, 3.05) is 11.9 Å². The Morgan fingerprint density at radius 2 is 2.16 bits per heavy atom. The molecule has 2 aromatic rings. The molecule has 6 heteroatoms. The second-order valence-electron chi connectivity index (χ2n) is 3.83. The molecule has 0 saturated heterocycles. The first-order chi connectivity index (χ1) is 9.19. The summed E-state index contributed by atoms with van der Waals surface area (Å²) in [4.78, 5) is 7.68. The highest BCUT2D eigenvalue weighted by atomic mass is 19.1. The number of nitrogens with zero attached hydrogens (tertiary/aromatic N) is 2. The second-order valence-corrected chi connectivity index (χ2v) is 3.83. The van der Waals surface area contributed by atoms with Gasteiger partial charge in [-0.15, -0.1) is 0 Å². The van der Waals surface area contributed by atoms with Crippen molar-refractivity contribution in [2.24, 2.45) is 0 Å². The molecule has 0 amide bonds. The van der Waals surface area contributed by atoms with Gasteiger partial charge in [0, 0.05) is 12.6 Å². The molecule has 0 aliphatic heterocycles. The van der Waals surface area contributed by atoms with E-state index < -0.39 is 11.6 Å². The Morgan fingerprint density at radius 3 is 2.89 bits per heavy atom. The number of hydrogen-bond acceptors (Lipinski definition) is 4. The fraction of sp³-hybridized carbons (Fsp3) is 0.231. The van der Waals surface area contributed by atoms with Gasteiger partial charge >= 0.3 is 0 Å². The Morgan fingerprint density at radius 1 is 1.32 bits per heavy atom. The van der Waals surface area contributed by atoms with E-state index in [1.165, 1.54) is 18.2 Å². The lowest BCUT2D eigenvalue weighted by Crippen LogP contribution is -2.05. The summed E-state index contributed by atoms with van der Waals surface area (Å²) in [7, 11) is 0. The van der Waals surface area contributed by atoms with Crippen LogP contribution in [0.3, 0.4) is 0 Å². The zero-order chi connectivity index (χ0) is 13.7. The maximum atomic E-state index is 13.5. The predicted molar refractivity (Wildman–Crippen MR) is 67.2 cm³/mol. The van der Waals surface area contributed by atoms with Gasteiger partial charge < -0.3 is 10.1 Å². The second kappa shape index (κ2) is 6.08. The SMILES string of the molecule is CCCNc1ncc(F)c(Oc2cccc(F)c2)n1. The molecule has 0 radical (unpaired) electrons. The third-order valence-electron chi connectivity index (χ3n) is 2.26. The highest BCUT2D eigenvalue weighted by Gasteiger charge is 2.09. The predicted octanol–water partition coefficient (Wildman–Crippen LogP) is 3.37. The summed E-state index contributed by atoms with van der Waals surface area (Å²) < 4.78 is 31.7. The number of hydrogen-bond donors (Lipinski definition) is 1. The van der Waals surface area contributed by atoms with Crippen molar-refractivity contribution in [2.45, 2.75) is 13.3 Å². The lowest BCUT2D eigenvalue weighted by Gasteiger charge is -2.08. The van der Waals surface area contributed by atoms with E-state index in [0.29, 0.717) is 6.54 Å². The van der Waals surface area contributed by atoms with Crippen LogP contribution in [0.5, 0.6) is 11.6 Å². The Labute approximate surface area is 109 Å². The lowest BCUT2D eigenvalue weighted by molar-refractivity contribution is 0.418. The van der Waals surface area contributed by atoms with Crippen molar-refractivity contribution in [1.82, 2.24) is 9.97 Å². The average Bonchev–Trinajstić information content (AvgIpc) is 2.40. The van der Waals surface area contributed by atoms with Crippen molar-refractivity contribution < 1.29 is 13.5 Å². The van der Waals surface area contributed by atoms with Crippen LogP contribution >= 0.6 is 0 Å². The summed E-state index contributed by atoms with van der Waals surface area (Å²) in [6.45, 7) is 2.66.